The van der Waals surface area contributed by atoms with Gasteiger partial charge in [-0.1, -0.05) is 39.3 Å². The Morgan fingerprint density at radius 1 is 1.05 bits per heavy atom. The van der Waals surface area contributed by atoms with E-state index >= 15 is 0 Å². The number of hydrogen-bond donors (Lipinski definition) is 2. The molecule has 0 radical (unpaired) electrons. The van der Waals surface area contributed by atoms with E-state index in [0.29, 0.717) is 17.3 Å². The molecule has 124 valence electrons. The van der Waals surface area contributed by atoms with Gasteiger partial charge < -0.3 is 10.2 Å². The van der Waals surface area contributed by atoms with E-state index in [1.54, 1.807) is 0 Å². The molecule has 3 fully saturated rings. The van der Waals surface area contributed by atoms with Crippen molar-refractivity contribution in [1.82, 2.24) is 0 Å². The summed E-state index contributed by atoms with van der Waals surface area (Å²) in [6.45, 7) is 9.26. The maximum Gasteiger partial charge on any atom is 0.0688 e. The molecule has 2 N–H and O–H groups in total. The van der Waals surface area contributed by atoms with Crippen molar-refractivity contribution in [3.8, 4) is 0 Å². The monoisotopic (exact) mass is 304 g/mol. The summed E-state index contributed by atoms with van der Waals surface area (Å²) in [6.07, 6.45) is 10.9. The van der Waals surface area contributed by atoms with E-state index in [1.807, 2.05) is 6.92 Å². The maximum absolute atomic E-state index is 11.2. The summed E-state index contributed by atoms with van der Waals surface area (Å²) in [4.78, 5) is 0. The van der Waals surface area contributed by atoms with Gasteiger partial charge in [-0.25, -0.2) is 0 Å². The van der Waals surface area contributed by atoms with E-state index in [2.05, 4.69) is 32.9 Å². The number of aliphatic hydroxyl groups is 2. The Kier molecular flexibility index (Phi) is 2.89. The molecule has 0 saturated heterocycles. The van der Waals surface area contributed by atoms with Crippen LogP contribution >= 0.6 is 0 Å². The van der Waals surface area contributed by atoms with Crippen molar-refractivity contribution >= 4 is 0 Å². The molecule has 4 aliphatic rings. The number of rotatable bonds is 0. The smallest absolute Gasteiger partial charge is 0.0688 e. The highest BCUT2D eigenvalue weighted by atomic mass is 16.3. The average Bonchev–Trinajstić information content (AvgIpc) is 2.60. The summed E-state index contributed by atoms with van der Waals surface area (Å²) in [5.74, 6) is 1.25. The van der Waals surface area contributed by atoms with Crippen molar-refractivity contribution in [2.24, 2.45) is 34.0 Å². The molecule has 7 unspecified atom stereocenters. The van der Waals surface area contributed by atoms with Gasteiger partial charge in [0, 0.05) is 11.3 Å². The van der Waals surface area contributed by atoms with Gasteiger partial charge in [0.05, 0.1) is 11.7 Å². The van der Waals surface area contributed by atoms with Gasteiger partial charge in [0.25, 0.3) is 0 Å². The van der Waals surface area contributed by atoms with Crippen LogP contribution in [-0.2, 0) is 0 Å². The van der Waals surface area contributed by atoms with E-state index in [4.69, 9.17) is 0 Å². The summed E-state index contributed by atoms with van der Waals surface area (Å²) >= 11 is 0. The van der Waals surface area contributed by atoms with E-state index in [-0.39, 0.29) is 22.9 Å². The highest BCUT2D eigenvalue weighted by Gasteiger charge is 2.67. The summed E-state index contributed by atoms with van der Waals surface area (Å²) in [6, 6.07) is 0. The molecule has 0 aromatic heterocycles. The zero-order valence-electron chi connectivity index (χ0n) is 14.6. The first kappa shape index (κ1) is 15.2. The normalized spacial score (nSPS) is 59.0. The lowest BCUT2D eigenvalue weighted by Gasteiger charge is -2.64. The van der Waals surface area contributed by atoms with E-state index < -0.39 is 5.60 Å². The van der Waals surface area contributed by atoms with Crippen LogP contribution < -0.4 is 0 Å². The van der Waals surface area contributed by atoms with Crippen molar-refractivity contribution in [3.63, 3.8) is 0 Å². The Balaban J connectivity index is 1.82. The molecule has 0 heterocycles. The largest absolute Gasteiger partial charge is 0.393 e. The van der Waals surface area contributed by atoms with Crippen LogP contribution in [0.25, 0.3) is 0 Å². The highest BCUT2D eigenvalue weighted by molar-refractivity contribution is 5.26. The van der Waals surface area contributed by atoms with Gasteiger partial charge in [-0.05, 0) is 61.7 Å². The van der Waals surface area contributed by atoms with Crippen molar-refractivity contribution < 1.29 is 10.2 Å². The standard InChI is InChI=1S/C20H32O2/c1-17(2)8-5-9-18(3)14-7-6-13-11-20(14,12-19(13,4)22)16(21)10-15(17)18/h6-7,13-16,21-22H,5,8-12H2,1-4H3. The molecule has 4 rings (SSSR count). The van der Waals surface area contributed by atoms with E-state index in [9.17, 15) is 10.2 Å². The third-order valence-corrected chi connectivity index (χ3v) is 8.35. The minimum Gasteiger partial charge on any atom is -0.393 e. The van der Waals surface area contributed by atoms with Crippen LogP contribution in [0.3, 0.4) is 0 Å². The molecule has 3 saturated carbocycles. The van der Waals surface area contributed by atoms with Crippen LogP contribution in [0.2, 0.25) is 0 Å². The van der Waals surface area contributed by atoms with Crippen molar-refractivity contribution in [2.75, 3.05) is 0 Å². The zero-order valence-corrected chi connectivity index (χ0v) is 14.6. The van der Waals surface area contributed by atoms with Gasteiger partial charge in [-0.15, -0.1) is 0 Å². The second-order valence-corrected chi connectivity index (χ2v) is 10.1. The predicted octanol–water partition coefficient (Wildman–Crippen LogP) is 3.92. The fourth-order valence-corrected chi connectivity index (χ4v) is 7.37. The molecule has 0 amide bonds. The fraction of sp³-hybridized carbons (Fsp3) is 0.900. The lowest BCUT2D eigenvalue weighted by molar-refractivity contribution is -0.176. The van der Waals surface area contributed by atoms with Crippen molar-refractivity contribution in [2.45, 2.75) is 77.9 Å². The highest BCUT2D eigenvalue weighted by Crippen LogP contribution is 2.71. The van der Waals surface area contributed by atoms with Gasteiger partial charge in [-0.3, -0.25) is 0 Å². The first-order chi connectivity index (χ1) is 10.1. The van der Waals surface area contributed by atoms with Crippen LogP contribution in [0.15, 0.2) is 12.2 Å². The molecule has 4 aliphatic carbocycles. The van der Waals surface area contributed by atoms with Gasteiger partial charge in [0.15, 0.2) is 0 Å². The van der Waals surface area contributed by atoms with Crippen molar-refractivity contribution in [3.05, 3.63) is 12.2 Å². The molecule has 0 aliphatic heterocycles. The van der Waals surface area contributed by atoms with Gasteiger partial charge >= 0.3 is 0 Å². The zero-order chi connectivity index (χ0) is 16.0. The second-order valence-electron chi connectivity index (χ2n) is 10.1. The van der Waals surface area contributed by atoms with Gasteiger partial charge in [-0.2, -0.15) is 0 Å². The Labute approximate surface area is 135 Å². The SMILES string of the molecule is CC1(C)CCCC2(C)C1CC(O)C13CC(C=CC21)C(C)(O)C3. The minimum atomic E-state index is -0.639. The Morgan fingerprint density at radius 3 is 2.50 bits per heavy atom. The summed E-state index contributed by atoms with van der Waals surface area (Å²) in [7, 11) is 0. The molecule has 0 aromatic carbocycles. The van der Waals surface area contributed by atoms with Crippen LogP contribution in [0, 0.1) is 34.0 Å². The lowest BCUT2D eigenvalue weighted by atomic mass is 9.41. The molecular weight excluding hydrogens is 272 g/mol. The second kappa shape index (κ2) is 4.19. The number of fused-ring (bicyclic) bond motifs is 3. The molecule has 0 aromatic rings. The minimum absolute atomic E-state index is 0.0818. The van der Waals surface area contributed by atoms with Gasteiger partial charge in [0.1, 0.15) is 0 Å². The van der Waals surface area contributed by atoms with Gasteiger partial charge in [0.2, 0.25) is 0 Å². The molecule has 1 spiro atoms. The molecule has 2 heteroatoms. The average molecular weight is 304 g/mol. The third-order valence-electron chi connectivity index (χ3n) is 8.35. The fourth-order valence-electron chi connectivity index (χ4n) is 7.37. The Morgan fingerprint density at radius 2 is 1.77 bits per heavy atom. The molecular formula is C20H32O2. The third kappa shape index (κ3) is 1.69. The summed E-state index contributed by atoms with van der Waals surface area (Å²) in [5.41, 5.74) is -0.120. The van der Waals surface area contributed by atoms with Crippen LogP contribution in [0.4, 0.5) is 0 Å². The summed E-state index contributed by atoms with van der Waals surface area (Å²) < 4.78 is 0. The Bertz CT molecular complexity index is 520. The van der Waals surface area contributed by atoms with E-state index in [0.717, 1.165) is 19.3 Å². The quantitative estimate of drug-likeness (QED) is 0.666. The van der Waals surface area contributed by atoms with Crippen LogP contribution in [-0.4, -0.2) is 21.9 Å². The number of aliphatic hydroxyl groups excluding tert-OH is 1. The van der Waals surface area contributed by atoms with Crippen molar-refractivity contribution in [1.29, 1.82) is 0 Å². The van der Waals surface area contributed by atoms with Crippen LogP contribution in [0.5, 0.6) is 0 Å². The number of allylic oxidation sites excluding steroid dienone is 1. The predicted molar refractivity (Wildman–Crippen MR) is 88.3 cm³/mol. The first-order valence-electron chi connectivity index (χ1n) is 9.21. The lowest BCUT2D eigenvalue weighted by Crippen LogP contribution is -2.60. The van der Waals surface area contributed by atoms with E-state index in [1.165, 1.54) is 19.3 Å². The molecule has 2 nitrogen and oxygen atoms in total. The molecule has 2 bridgehead atoms. The molecule has 7 atom stereocenters. The topological polar surface area (TPSA) is 40.5 Å². The maximum atomic E-state index is 11.2. The first-order valence-corrected chi connectivity index (χ1v) is 9.21. The number of hydrogen-bond acceptors (Lipinski definition) is 2. The molecule has 22 heavy (non-hydrogen) atoms. The summed E-state index contributed by atoms with van der Waals surface area (Å²) in [5, 5.41) is 22.0. The Hall–Kier alpha value is -0.340. The van der Waals surface area contributed by atoms with Crippen LogP contribution in [0.1, 0.15) is 66.2 Å².